The Morgan fingerprint density at radius 1 is 1.03 bits per heavy atom. The average Bonchev–Trinajstić information content (AvgIpc) is 3.23. The maximum absolute atomic E-state index is 9.95. The summed E-state index contributed by atoms with van der Waals surface area (Å²) in [5, 5.41) is 20.9. The highest BCUT2D eigenvalue weighted by atomic mass is 16.3. The molecule has 2 N–H and O–H groups in total. The number of aryl methyl sites for hydroxylation is 1. The average molecular weight is 399 g/mol. The number of fused-ring (bicyclic) bond motifs is 5. The minimum absolute atomic E-state index is 0.345. The van der Waals surface area contributed by atoms with Gasteiger partial charge in [0.1, 0.15) is 11.8 Å². The zero-order valence-corrected chi connectivity index (χ0v) is 17.6. The highest BCUT2D eigenvalue weighted by Crippen LogP contribution is 2.39. The maximum atomic E-state index is 9.95. The van der Waals surface area contributed by atoms with E-state index in [4.69, 9.17) is 9.40 Å². The number of nitrogens with zero attached hydrogens (tertiary/aromatic N) is 4. The van der Waals surface area contributed by atoms with Crippen molar-refractivity contribution in [1.82, 2.24) is 15.0 Å². The zero-order valence-electron chi connectivity index (χ0n) is 17.6. The largest absolute Gasteiger partial charge is 0.432 e. The molecule has 29 heavy (non-hydrogen) atoms. The lowest BCUT2D eigenvalue weighted by molar-refractivity contribution is 0.178. The minimum atomic E-state index is -0.567. The van der Waals surface area contributed by atoms with Gasteiger partial charge in [0.2, 0.25) is 5.71 Å². The number of aromatic nitrogens is 3. The topological polar surface area (TPSA) is 95.5 Å². The first-order valence-electron chi connectivity index (χ1n) is 10.5. The van der Waals surface area contributed by atoms with Crippen molar-refractivity contribution in [1.29, 1.82) is 0 Å². The predicted molar refractivity (Wildman–Crippen MR) is 113 cm³/mol. The van der Waals surface area contributed by atoms with Gasteiger partial charge in [0.15, 0.2) is 11.4 Å². The van der Waals surface area contributed by atoms with Crippen molar-refractivity contribution in [2.75, 3.05) is 18.0 Å². The van der Waals surface area contributed by atoms with Crippen molar-refractivity contribution in [2.24, 2.45) is 5.92 Å². The summed E-state index contributed by atoms with van der Waals surface area (Å²) in [6.45, 7) is 8.55. The molecule has 2 atom stereocenters. The van der Waals surface area contributed by atoms with Crippen LogP contribution in [0.15, 0.2) is 10.7 Å². The third-order valence-electron chi connectivity index (χ3n) is 5.41. The number of hydrogen-bond acceptors (Lipinski definition) is 7. The fourth-order valence-electron chi connectivity index (χ4n) is 4.43. The molecular formula is C22H30N4O3. The van der Waals surface area contributed by atoms with Gasteiger partial charge in [0.25, 0.3) is 0 Å². The van der Waals surface area contributed by atoms with Crippen LogP contribution < -0.4 is 4.90 Å². The summed E-state index contributed by atoms with van der Waals surface area (Å²) in [5.74, 6) is 1.11. The van der Waals surface area contributed by atoms with Crippen LogP contribution in [-0.4, -0.2) is 50.5 Å². The van der Waals surface area contributed by atoms with E-state index in [0.29, 0.717) is 36.1 Å². The lowest BCUT2D eigenvalue weighted by atomic mass is 9.99. The van der Waals surface area contributed by atoms with Gasteiger partial charge < -0.3 is 19.5 Å². The van der Waals surface area contributed by atoms with Gasteiger partial charge in [-0.2, -0.15) is 0 Å². The Balaban J connectivity index is 1.92. The molecular weight excluding hydrogens is 368 g/mol. The molecule has 3 aromatic heterocycles. The van der Waals surface area contributed by atoms with Gasteiger partial charge in [-0.25, -0.2) is 15.0 Å². The summed E-state index contributed by atoms with van der Waals surface area (Å²) in [4.78, 5) is 15.7. The molecule has 3 heterocycles. The molecule has 0 aromatic carbocycles. The smallest absolute Gasteiger partial charge is 0.229 e. The first kappa shape index (κ1) is 20.0. The van der Waals surface area contributed by atoms with Crippen LogP contribution in [0.25, 0.3) is 22.2 Å². The monoisotopic (exact) mass is 398 g/mol. The van der Waals surface area contributed by atoms with E-state index >= 15 is 0 Å². The van der Waals surface area contributed by atoms with E-state index in [0.717, 1.165) is 42.3 Å². The van der Waals surface area contributed by atoms with Crippen LogP contribution >= 0.6 is 0 Å². The Morgan fingerprint density at radius 3 is 2.38 bits per heavy atom. The summed E-state index contributed by atoms with van der Waals surface area (Å²) < 4.78 is 6.23. The van der Waals surface area contributed by atoms with Gasteiger partial charge in [-0.3, -0.25) is 0 Å². The molecule has 1 aliphatic carbocycles. The fraction of sp³-hybridized carbons (Fsp3) is 0.591. The first-order valence-corrected chi connectivity index (χ1v) is 10.5. The quantitative estimate of drug-likeness (QED) is 0.631. The number of pyridine rings is 1. The Bertz CT molecular complexity index is 1020. The molecule has 156 valence electrons. The van der Waals surface area contributed by atoms with Crippen molar-refractivity contribution >= 4 is 28.0 Å². The second-order valence-electron chi connectivity index (χ2n) is 8.73. The first-order chi connectivity index (χ1) is 13.8. The van der Waals surface area contributed by atoms with Crippen LogP contribution in [0.2, 0.25) is 0 Å². The summed E-state index contributed by atoms with van der Waals surface area (Å²) in [7, 11) is 0. The molecule has 4 rings (SSSR count). The van der Waals surface area contributed by atoms with Crippen molar-refractivity contribution in [3.8, 4) is 0 Å². The maximum Gasteiger partial charge on any atom is 0.229 e. The van der Waals surface area contributed by atoms with Gasteiger partial charge in [0, 0.05) is 18.8 Å². The third-order valence-corrected chi connectivity index (χ3v) is 5.41. The summed E-state index contributed by atoms with van der Waals surface area (Å²) in [5.41, 5.74) is 5.77. The van der Waals surface area contributed by atoms with E-state index in [1.807, 2.05) is 4.90 Å². The molecule has 0 radical (unpaired) electrons. The molecule has 0 spiro atoms. The molecule has 0 saturated heterocycles. The number of anilines is 1. The second kappa shape index (κ2) is 7.88. The molecule has 0 fully saturated rings. The van der Waals surface area contributed by atoms with Crippen LogP contribution in [0, 0.1) is 5.92 Å². The number of furan rings is 1. The van der Waals surface area contributed by atoms with Crippen molar-refractivity contribution < 1.29 is 14.6 Å². The lowest BCUT2D eigenvalue weighted by Crippen LogP contribution is -2.37. The molecule has 7 nitrogen and oxygen atoms in total. The van der Waals surface area contributed by atoms with Gasteiger partial charge in [0.05, 0.1) is 17.6 Å². The Morgan fingerprint density at radius 2 is 1.72 bits per heavy atom. The molecule has 0 saturated carbocycles. The van der Waals surface area contributed by atoms with E-state index in [9.17, 15) is 10.2 Å². The van der Waals surface area contributed by atoms with Gasteiger partial charge in [-0.1, -0.05) is 13.8 Å². The predicted octanol–water partition coefficient (Wildman–Crippen LogP) is 3.03. The van der Waals surface area contributed by atoms with Gasteiger partial charge >= 0.3 is 0 Å². The Hall–Kier alpha value is -2.25. The standard InChI is InChI=1S/C22H30N4O3/c1-12(2)8-17-15-6-5-7-16(15)18-19-20(29-22(18)25-17)21(24-11-23-19)26(9-13(3)27)10-14(4)28/h11-14,27-28H,5-10H2,1-4H3/t13-,14+. The zero-order chi connectivity index (χ0) is 20.7. The number of hydrogen-bond donors (Lipinski definition) is 2. The van der Waals surface area contributed by atoms with Crippen LogP contribution in [0.5, 0.6) is 0 Å². The molecule has 0 aliphatic heterocycles. The highest BCUT2D eigenvalue weighted by Gasteiger charge is 2.27. The molecule has 0 unspecified atom stereocenters. The number of aliphatic hydroxyl groups excluding tert-OH is 2. The van der Waals surface area contributed by atoms with Crippen LogP contribution in [0.3, 0.4) is 0 Å². The molecule has 0 bridgehead atoms. The van der Waals surface area contributed by atoms with Crippen molar-refractivity contribution in [3.05, 3.63) is 23.1 Å². The van der Waals surface area contributed by atoms with E-state index in [2.05, 4.69) is 23.8 Å². The minimum Gasteiger partial charge on any atom is -0.432 e. The summed E-state index contributed by atoms with van der Waals surface area (Å²) >= 11 is 0. The summed E-state index contributed by atoms with van der Waals surface area (Å²) in [6, 6.07) is 0. The fourth-order valence-corrected chi connectivity index (χ4v) is 4.43. The molecule has 0 amide bonds. The summed E-state index contributed by atoms with van der Waals surface area (Å²) in [6.07, 6.45) is 4.53. The molecule has 1 aliphatic rings. The van der Waals surface area contributed by atoms with E-state index in [1.165, 1.54) is 17.5 Å². The van der Waals surface area contributed by atoms with E-state index < -0.39 is 12.2 Å². The van der Waals surface area contributed by atoms with Gasteiger partial charge in [-0.15, -0.1) is 0 Å². The van der Waals surface area contributed by atoms with Gasteiger partial charge in [-0.05, 0) is 56.6 Å². The lowest BCUT2D eigenvalue weighted by Gasteiger charge is -2.26. The molecule has 7 heteroatoms. The Kier molecular flexibility index (Phi) is 5.44. The van der Waals surface area contributed by atoms with Crippen molar-refractivity contribution in [2.45, 2.75) is 65.6 Å². The van der Waals surface area contributed by atoms with E-state index in [1.54, 1.807) is 13.8 Å². The SMILES string of the molecule is CC(C)Cc1nc2oc3c(N(C[C@H](C)O)C[C@@H](C)O)ncnc3c2c2c1CCC2. The van der Waals surface area contributed by atoms with Crippen LogP contribution in [0.4, 0.5) is 5.82 Å². The highest BCUT2D eigenvalue weighted by molar-refractivity contribution is 6.06. The third kappa shape index (κ3) is 3.81. The number of aliphatic hydroxyl groups is 2. The Labute approximate surface area is 170 Å². The van der Waals surface area contributed by atoms with Crippen molar-refractivity contribution in [3.63, 3.8) is 0 Å². The normalized spacial score (nSPS) is 16.0. The van der Waals surface area contributed by atoms with Crippen LogP contribution in [0.1, 0.15) is 50.9 Å². The van der Waals surface area contributed by atoms with Crippen LogP contribution in [-0.2, 0) is 19.3 Å². The number of rotatable bonds is 7. The second-order valence-corrected chi connectivity index (χ2v) is 8.73. The van der Waals surface area contributed by atoms with E-state index in [-0.39, 0.29) is 0 Å². The molecule has 3 aromatic rings.